The molecule has 0 radical (unpaired) electrons. The van der Waals surface area contributed by atoms with Crippen molar-refractivity contribution in [3.8, 4) is 135 Å². The van der Waals surface area contributed by atoms with Crippen LogP contribution in [0.25, 0.3) is 179 Å². The Hall–Kier alpha value is -13.3. The SMILES string of the molecule is c1ccc(-c2ccc(-c3nc(-c4ccc(-c5ccc6c(c5)-c5ccccc5C65CCCCC5)cc4)nc(-c4ccc5oc6ccccc6c5c4)n3)cc2)cc1.c1ccc(-c2cccc(-c3nc(-c4ccc(-c5ccc6c(c5)-c5ccccc5C65CCCCC5)cc4)nc(-c4ccc5c(c4)oc4ccccc45)n3)c2)cc1. The summed E-state index contributed by atoms with van der Waals surface area (Å²) in [5.74, 6) is 3.75. The third-order valence-electron chi connectivity index (χ3n) is 23.9. The maximum absolute atomic E-state index is 6.27. The molecule has 14 aromatic carbocycles. The van der Waals surface area contributed by atoms with Crippen molar-refractivity contribution in [1.29, 1.82) is 0 Å². The van der Waals surface area contributed by atoms with Crippen LogP contribution in [0.15, 0.2) is 336 Å². The highest BCUT2D eigenvalue weighted by Gasteiger charge is 2.45. The van der Waals surface area contributed by atoms with Crippen molar-refractivity contribution < 1.29 is 8.83 Å². The molecular weight excluding hydrogens is 1340 g/mol. The molecule has 0 amide bonds. The molecule has 4 aromatic heterocycles. The molecule has 22 rings (SSSR count). The van der Waals surface area contributed by atoms with Gasteiger partial charge in [0, 0.05) is 65.8 Å². The Morgan fingerprint density at radius 3 is 1.00 bits per heavy atom. The van der Waals surface area contributed by atoms with Crippen molar-refractivity contribution in [3.05, 3.63) is 350 Å². The molecule has 0 unspecified atom stereocenters. The highest BCUT2D eigenvalue weighted by molar-refractivity contribution is 6.07. The molecule has 2 saturated carbocycles. The number of nitrogens with zero attached hydrogens (tertiary/aromatic N) is 6. The zero-order valence-electron chi connectivity index (χ0n) is 60.7. The van der Waals surface area contributed by atoms with Crippen molar-refractivity contribution in [2.24, 2.45) is 0 Å². The van der Waals surface area contributed by atoms with Crippen LogP contribution in [0.2, 0.25) is 0 Å². The molecule has 0 bridgehead atoms. The first-order chi connectivity index (χ1) is 54.4. The molecule has 0 N–H and O–H groups in total. The van der Waals surface area contributed by atoms with Crippen LogP contribution in [0.3, 0.4) is 0 Å². The predicted octanol–water partition coefficient (Wildman–Crippen LogP) is 26.7. The number of hydrogen-bond acceptors (Lipinski definition) is 8. The molecule has 110 heavy (non-hydrogen) atoms. The summed E-state index contributed by atoms with van der Waals surface area (Å²) in [7, 11) is 0. The first-order valence-corrected chi connectivity index (χ1v) is 38.8. The number of rotatable bonds is 10. The van der Waals surface area contributed by atoms with Gasteiger partial charge in [-0.15, -0.1) is 0 Å². The van der Waals surface area contributed by atoms with Gasteiger partial charge in [-0.2, -0.15) is 0 Å². The quantitative estimate of drug-likeness (QED) is 0.133. The van der Waals surface area contributed by atoms with E-state index in [-0.39, 0.29) is 10.8 Å². The average Bonchev–Trinajstić information content (AvgIpc) is 1.56. The van der Waals surface area contributed by atoms with Crippen LogP contribution in [0.5, 0.6) is 0 Å². The summed E-state index contributed by atoms with van der Waals surface area (Å²) in [4.78, 5) is 30.6. The van der Waals surface area contributed by atoms with E-state index in [0.29, 0.717) is 34.9 Å². The van der Waals surface area contributed by atoms with Crippen molar-refractivity contribution in [3.63, 3.8) is 0 Å². The molecule has 4 heterocycles. The standard InChI is InChI=1S/2C51H37N3O/c1-3-12-33(13-4-1)36-14-11-15-38(30-36)49-52-48(53-50(54-49)39-24-26-42-41-17-6-8-19-46(41)55-47(42)32-39)35-22-20-34(21-23-35)37-25-27-45-43(31-37)40-16-5-7-18-44(40)51(45)28-9-2-10-29-51;1-3-11-33(12-4-1)34-17-21-36(22-18-34)48-52-49(54-50(53-48)39-26-28-47-43(32-39)41-14-6-8-16-46(41)55-47)37-23-19-35(20-24-37)38-25-27-45-42(31-38)40-13-5-7-15-44(40)51(45)29-9-2-10-30-51/h1,3-8,11-27,30-32H,2,9-10,28-29H2;1,3-8,11-28,31-32H,2,9-10,29-30H2. The van der Waals surface area contributed by atoms with Gasteiger partial charge in [0.1, 0.15) is 22.3 Å². The number of hydrogen-bond donors (Lipinski definition) is 0. The topological polar surface area (TPSA) is 104 Å². The minimum atomic E-state index is 0.163. The lowest BCUT2D eigenvalue weighted by Crippen LogP contribution is -2.27. The summed E-state index contributed by atoms with van der Waals surface area (Å²) in [5, 5.41) is 4.29. The molecule has 0 aliphatic heterocycles. The number of para-hydroxylation sites is 2. The zero-order chi connectivity index (χ0) is 72.7. The van der Waals surface area contributed by atoms with E-state index >= 15 is 0 Å². The van der Waals surface area contributed by atoms with E-state index in [1.165, 1.54) is 137 Å². The van der Waals surface area contributed by atoms with Crippen molar-refractivity contribution in [2.45, 2.75) is 75.0 Å². The summed E-state index contributed by atoms with van der Waals surface area (Å²) in [6, 6.07) is 116. The van der Waals surface area contributed by atoms with E-state index < -0.39 is 0 Å². The van der Waals surface area contributed by atoms with Crippen molar-refractivity contribution in [1.82, 2.24) is 29.9 Å². The number of furan rings is 2. The Morgan fingerprint density at radius 1 is 0.182 bits per heavy atom. The number of benzene rings is 14. The van der Waals surface area contributed by atoms with E-state index in [1.54, 1.807) is 0 Å². The third kappa shape index (κ3) is 11.3. The van der Waals surface area contributed by atoms with Gasteiger partial charge in [-0.05, 0) is 175 Å². The first-order valence-electron chi connectivity index (χ1n) is 38.8. The molecule has 8 nitrogen and oxygen atoms in total. The second-order valence-corrected chi connectivity index (χ2v) is 30.2. The van der Waals surface area contributed by atoms with Crippen molar-refractivity contribution in [2.75, 3.05) is 0 Å². The fourth-order valence-corrected chi connectivity index (χ4v) is 18.5. The van der Waals surface area contributed by atoms with E-state index in [4.69, 9.17) is 38.7 Å². The van der Waals surface area contributed by atoms with Crippen LogP contribution in [0.1, 0.15) is 86.5 Å². The molecule has 18 aromatic rings. The van der Waals surface area contributed by atoms with Gasteiger partial charge in [-0.25, -0.2) is 29.9 Å². The van der Waals surface area contributed by atoms with Gasteiger partial charge >= 0.3 is 0 Å². The largest absolute Gasteiger partial charge is 0.456 e. The predicted molar refractivity (Wildman–Crippen MR) is 447 cm³/mol. The lowest BCUT2D eigenvalue weighted by Gasteiger charge is -2.36. The van der Waals surface area contributed by atoms with Gasteiger partial charge in [-0.1, -0.05) is 305 Å². The summed E-state index contributed by atoms with van der Waals surface area (Å²) in [6.07, 6.45) is 12.8. The number of aromatic nitrogens is 6. The summed E-state index contributed by atoms with van der Waals surface area (Å²) < 4.78 is 12.4. The Morgan fingerprint density at radius 2 is 0.491 bits per heavy atom. The number of fused-ring (bicyclic) bond motifs is 16. The van der Waals surface area contributed by atoms with Crippen molar-refractivity contribution >= 4 is 43.9 Å². The van der Waals surface area contributed by atoms with E-state index in [0.717, 1.165) is 93.9 Å². The van der Waals surface area contributed by atoms with Gasteiger partial charge in [-0.3, -0.25) is 0 Å². The maximum Gasteiger partial charge on any atom is 0.164 e. The summed E-state index contributed by atoms with van der Waals surface area (Å²) in [6.45, 7) is 0. The highest BCUT2D eigenvalue weighted by Crippen LogP contribution is 2.58. The minimum absolute atomic E-state index is 0.163. The van der Waals surface area contributed by atoms with Gasteiger partial charge in [0.25, 0.3) is 0 Å². The lowest BCUT2D eigenvalue weighted by atomic mass is 9.68. The Bertz CT molecular complexity index is 6590. The monoisotopic (exact) mass is 1410 g/mol. The molecule has 4 aliphatic rings. The highest BCUT2D eigenvalue weighted by atomic mass is 16.3. The second-order valence-electron chi connectivity index (χ2n) is 30.2. The molecule has 0 atom stereocenters. The molecule has 4 aliphatic carbocycles. The molecule has 524 valence electrons. The molecule has 2 fully saturated rings. The summed E-state index contributed by atoms with van der Waals surface area (Å²) >= 11 is 0. The Labute approximate surface area is 638 Å². The van der Waals surface area contributed by atoms with E-state index in [9.17, 15) is 0 Å². The molecule has 8 heteroatoms. The lowest BCUT2D eigenvalue weighted by molar-refractivity contribution is 0.353. The average molecular weight is 1420 g/mol. The Kier molecular flexibility index (Phi) is 15.9. The van der Waals surface area contributed by atoms with Crippen LogP contribution in [-0.2, 0) is 10.8 Å². The Balaban J connectivity index is 0.000000140. The minimum Gasteiger partial charge on any atom is -0.456 e. The van der Waals surface area contributed by atoms with Gasteiger partial charge in [0.15, 0.2) is 34.9 Å². The van der Waals surface area contributed by atoms with Gasteiger partial charge in [0.05, 0.1) is 0 Å². The van der Waals surface area contributed by atoms with Crippen LogP contribution >= 0.6 is 0 Å². The molecule has 2 spiro atoms. The maximum atomic E-state index is 6.27. The van der Waals surface area contributed by atoms with E-state index in [1.807, 2.05) is 66.7 Å². The third-order valence-corrected chi connectivity index (χ3v) is 23.9. The second kappa shape index (κ2) is 26.9. The smallest absolute Gasteiger partial charge is 0.164 e. The normalized spacial score (nSPS) is 14.3. The van der Waals surface area contributed by atoms with Gasteiger partial charge in [0.2, 0.25) is 0 Å². The zero-order valence-corrected chi connectivity index (χ0v) is 60.7. The molecular formula is C102H74N6O2. The van der Waals surface area contributed by atoms with E-state index in [2.05, 4.69) is 261 Å². The summed E-state index contributed by atoms with van der Waals surface area (Å²) in [5.41, 5.74) is 30.3. The van der Waals surface area contributed by atoms with Crippen LogP contribution in [-0.4, -0.2) is 29.9 Å². The fraction of sp³-hybridized carbons (Fsp3) is 0.118. The fourth-order valence-electron chi connectivity index (χ4n) is 18.5. The first kappa shape index (κ1) is 65.0. The molecule has 0 saturated heterocycles. The van der Waals surface area contributed by atoms with Crippen LogP contribution in [0, 0.1) is 0 Å². The van der Waals surface area contributed by atoms with Crippen LogP contribution < -0.4 is 0 Å². The van der Waals surface area contributed by atoms with Crippen LogP contribution in [0.4, 0.5) is 0 Å². The van der Waals surface area contributed by atoms with Gasteiger partial charge < -0.3 is 8.83 Å².